The van der Waals surface area contributed by atoms with Crippen molar-refractivity contribution in [3.63, 3.8) is 0 Å². The minimum atomic E-state index is 0.615. The largest absolute Gasteiger partial charge is 0.456 e. The van der Waals surface area contributed by atoms with Gasteiger partial charge in [0.25, 0.3) is 0 Å². The van der Waals surface area contributed by atoms with Gasteiger partial charge in [-0.15, -0.1) is 0 Å². The maximum Gasteiger partial charge on any atom is 0.164 e. The molecule has 0 N–H and O–H groups in total. The molecule has 0 spiro atoms. The third-order valence-corrected chi connectivity index (χ3v) is 12.4. The molecule has 0 unspecified atom stereocenters. The van der Waals surface area contributed by atoms with Crippen molar-refractivity contribution in [1.29, 1.82) is 0 Å². The zero-order chi connectivity index (χ0) is 41.4. The maximum absolute atomic E-state index is 6.81. The van der Waals surface area contributed by atoms with E-state index in [9.17, 15) is 0 Å². The van der Waals surface area contributed by atoms with Crippen molar-refractivity contribution >= 4 is 65.6 Å². The molecule has 294 valence electrons. The van der Waals surface area contributed by atoms with Crippen molar-refractivity contribution in [3.05, 3.63) is 212 Å². The molecule has 13 aromatic rings. The quantitative estimate of drug-likeness (QED) is 0.168. The van der Waals surface area contributed by atoms with Gasteiger partial charge >= 0.3 is 0 Å². The molecule has 0 radical (unpaired) electrons. The van der Waals surface area contributed by atoms with Crippen LogP contribution in [0.4, 0.5) is 0 Å². The van der Waals surface area contributed by atoms with Crippen LogP contribution in [0.3, 0.4) is 0 Å². The van der Waals surface area contributed by atoms with E-state index in [0.29, 0.717) is 17.5 Å². The zero-order valence-electron chi connectivity index (χ0n) is 33.9. The van der Waals surface area contributed by atoms with Crippen molar-refractivity contribution in [2.24, 2.45) is 0 Å². The van der Waals surface area contributed by atoms with E-state index in [2.05, 4.69) is 161 Å². The molecule has 0 amide bonds. The molecular weight excluding hydrogens is 771 g/mol. The maximum atomic E-state index is 6.81. The number of aromatic nitrogens is 5. The number of benzene rings is 9. The van der Waals surface area contributed by atoms with Gasteiger partial charge in [-0.1, -0.05) is 152 Å². The predicted octanol–water partition coefficient (Wildman–Crippen LogP) is 14.6. The van der Waals surface area contributed by atoms with Gasteiger partial charge in [0.1, 0.15) is 11.2 Å². The Kier molecular flexibility index (Phi) is 7.80. The lowest BCUT2D eigenvalue weighted by atomic mass is 9.99. The Balaban J connectivity index is 0.974. The van der Waals surface area contributed by atoms with E-state index >= 15 is 0 Å². The van der Waals surface area contributed by atoms with Gasteiger partial charge in [0.2, 0.25) is 0 Å². The van der Waals surface area contributed by atoms with Crippen LogP contribution in [0.25, 0.3) is 122 Å². The number of fused-ring (bicyclic) bond motifs is 9. The second-order valence-corrected chi connectivity index (χ2v) is 16.0. The molecule has 0 aliphatic carbocycles. The van der Waals surface area contributed by atoms with Crippen LogP contribution >= 0.6 is 0 Å². The number of rotatable bonds is 6. The molecule has 13 rings (SSSR count). The van der Waals surface area contributed by atoms with E-state index in [0.717, 1.165) is 82.8 Å². The second-order valence-electron chi connectivity index (χ2n) is 16.0. The molecule has 0 aliphatic heterocycles. The molecule has 4 heterocycles. The lowest BCUT2D eigenvalue weighted by Crippen LogP contribution is -2.01. The predicted molar refractivity (Wildman–Crippen MR) is 258 cm³/mol. The highest BCUT2D eigenvalue weighted by Gasteiger charge is 2.20. The Morgan fingerprint density at radius 1 is 0.302 bits per heavy atom. The lowest BCUT2D eigenvalue weighted by Gasteiger charge is -2.11. The third kappa shape index (κ3) is 5.62. The summed E-state index contributed by atoms with van der Waals surface area (Å²) >= 11 is 0. The van der Waals surface area contributed by atoms with E-state index in [1.54, 1.807) is 0 Å². The SMILES string of the molecule is c1ccc(-c2nc(-c3ccccc3)nc(-c3cccc(-n4c5ccccc5c5cc6oc7cc(-n8c9ccccc9c9c(-c%10ccccc%10)cccc98)ccc7c6cc54)c3)n2)cc1. The average molecular weight is 806 g/mol. The molecule has 6 heteroatoms. The van der Waals surface area contributed by atoms with Crippen LogP contribution in [-0.2, 0) is 0 Å². The van der Waals surface area contributed by atoms with Crippen LogP contribution in [0.15, 0.2) is 217 Å². The first kappa shape index (κ1) is 35.2. The van der Waals surface area contributed by atoms with Gasteiger partial charge in [0.05, 0.1) is 22.1 Å². The van der Waals surface area contributed by atoms with Crippen molar-refractivity contribution in [3.8, 4) is 56.7 Å². The van der Waals surface area contributed by atoms with Gasteiger partial charge in [-0.3, -0.25) is 0 Å². The molecule has 0 saturated carbocycles. The van der Waals surface area contributed by atoms with Gasteiger partial charge < -0.3 is 13.6 Å². The van der Waals surface area contributed by atoms with Crippen LogP contribution in [0.2, 0.25) is 0 Å². The fourth-order valence-electron chi connectivity index (χ4n) is 9.52. The standard InChI is InChI=1S/C57H35N5O/c1-4-16-36(17-5-1)42-26-15-29-50-54(42)45-25-11-13-28-49(45)61(50)41-30-31-44-47-34-51-46(35-53(47)63-52(44)33-41)43-24-10-12-27-48(43)62(51)40-23-14-22-39(32-40)57-59-55(37-18-6-2-7-19-37)58-56(60-57)38-20-8-3-9-21-38/h1-35H. The Bertz CT molecular complexity index is 3850. The highest BCUT2D eigenvalue weighted by Crippen LogP contribution is 2.42. The van der Waals surface area contributed by atoms with E-state index in [1.807, 2.05) is 60.7 Å². The van der Waals surface area contributed by atoms with E-state index in [1.165, 1.54) is 21.9 Å². The summed E-state index contributed by atoms with van der Waals surface area (Å²) in [4.78, 5) is 15.0. The van der Waals surface area contributed by atoms with Crippen molar-refractivity contribution < 1.29 is 4.42 Å². The summed E-state index contributed by atoms with van der Waals surface area (Å²) < 4.78 is 11.5. The average Bonchev–Trinajstić information content (AvgIpc) is 4.00. The van der Waals surface area contributed by atoms with Crippen LogP contribution < -0.4 is 0 Å². The fourth-order valence-corrected chi connectivity index (χ4v) is 9.52. The number of para-hydroxylation sites is 2. The highest BCUT2D eigenvalue weighted by molar-refractivity contribution is 6.18. The van der Waals surface area contributed by atoms with Crippen LogP contribution in [0.5, 0.6) is 0 Å². The first-order valence-corrected chi connectivity index (χ1v) is 21.2. The number of furan rings is 1. The molecule has 0 aliphatic rings. The third-order valence-electron chi connectivity index (χ3n) is 12.4. The fraction of sp³-hybridized carbons (Fsp3) is 0. The minimum absolute atomic E-state index is 0.615. The topological polar surface area (TPSA) is 61.7 Å². The molecule has 4 aromatic heterocycles. The Labute approximate surface area is 361 Å². The smallest absolute Gasteiger partial charge is 0.164 e. The Morgan fingerprint density at radius 3 is 1.54 bits per heavy atom. The molecule has 0 fully saturated rings. The summed E-state index contributed by atoms with van der Waals surface area (Å²) in [7, 11) is 0. The molecule has 0 bridgehead atoms. The summed E-state index contributed by atoms with van der Waals surface area (Å²) in [6.07, 6.45) is 0. The molecular formula is C57H35N5O. The molecule has 6 nitrogen and oxygen atoms in total. The number of hydrogen-bond donors (Lipinski definition) is 0. The van der Waals surface area contributed by atoms with Gasteiger partial charge in [-0.05, 0) is 65.7 Å². The van der Waals surface area contributed by atoms with Crippen molar-refractivity contribution in [2.45, 2.75) is 0 Å². The molecule has 9 aromatic carbocycles. The summed E-state index contributed by atoms with van der Waals surface area (Å²) in [5.74, 6) is 1.88. The minimum Gasteiger partial charge on any atom is -0.456 e. The summed E-state index contributed by atoms with van der Waals surface area (Å²) in [5, 5.41) is 6.87. The lowest BCUT2D eigenvalue weighted by molar-refractivity contribution is 0.669. The van der Waals surface area contributed by atoms with Crippen LogP contribution in [0.1, 0.15) is 0 Å². The van der Waals surface area contributed by atoms with Gasteiger partial charge in [0.15, 0.2) is 17.5 Å². The molecule has 0 atom stereocenters. The Morgan fingerprint density at radius 2 is 0.825 bits per heavy atom. The highest BCUT2D eigenvalue weighted by atomic mass is 16.3. The number of hydrogen-bond acceptors (Lipinski definition) is 4. The summed E-state index contributed by atoms with van der Waals surface area (Å²) in [6.45, 7) is 0. The van der Waals surface area contributed by atoms with E-state index in [-0.39, 0.29) is 0 Å². The normalized spacial score (nSPS) is 11.8. The summed E-state index contributed by atoms with van der Waals surface area (Å²) in [5.41, 5.74) is 13.5. The van der Waals surface area contributed by atoms with Gasteiger partial charge in [-0.25, -0.2) is 15.0 Å². The zero-order valence-corrected chi connectivity index (χ0v) is 33.9. The van der Waals surface area contributed by atoms with Crippen LogP contribution in [-0.4, -0.2) is 24.1 Å². The molecule has 0 saturated heterocycles. The van der Waals surface area contributed by atoms with E-state index in [4.69, 9.17) is 19.4 Å². The Hall–Kier alpha value is -8.61. The van der Waals surface area contributed by atoms with Crippen LogP contribution in [0, 0.1) is 0 Å². The first-order valence-electron chi connectivity index (χ1n) is 21.2. The van der Waals surface area contributed by atoms with Gasteiger partial charge in [0, 0.05) is 66.4 Å². The summed E-state index contributed by atoms with van der Waals surface area (Å²) in [6, 6.07) is 74.4. The molecule has 63 heavy (non-hydrogen) atoms. The van der Waals surface area contributed by atoms with Gasteiger partial charge in [-0.2, -0.15) is 0 Å². The second kappa shape index (κ2) is 14.0. The van der Waals surface area contributed by atoms with Crippen molar-refractivity contribution in [1.82, 2.24) is 24.1 Å². The number of nitrogens with zero attached hydrogens (tertiary/aromatic N) is 5. The monoisotopic (exact) mass is 805 g/mol. The van der Waals surface area contributed by atoms with Crippen molar-refractivity contribution in [2.75, 3.05) is 0 Å². The first-order chi connectivity index (χ1) is 31.2. The van der Waals surface area contributed by atoms with E-state index < -0.39 is 0 Å².